The van der Waals surface area contributed by atoms with E-state index in [1.165, 1.54) is 0 Å². The standard InChI is InChI=1S/C11H12N2O/c1-9-8-12-13(11(9)14-2)10-6-4-3-5-7-10/h3-8H,1-2H3. The minimum Gasteiger partial charge on any atom is -0.481 e. The van der Waals surface area contributed by atoms with Crippen molar-refractivity contribution in [3.05, 3.63) is 42.1 Å². The smallest absolute Gasteiger partial charge is 0.219 e. The summed E-state index contributed by atoms with van der Waals surface area (Å²) in [6.45, 7) is 1.98. The Hall–Kier alpha value is -1.77. The van der Waals surface area contributed by atoms with Gasteiger partial charge in [0.25, 0.3) is 0 Å². The summed E-state index contributed by atoms with van der Waals surface area (Å²) in [6.07, 6.45) is 1.80. The van der Waals surface area contributed by atoms with Gasteiger partial charge in [0.05, 0.1) is 19.0 Å². The molecule has 1 heterocycles. The molecule has 2 aromatic rings. The van der Waals surface area contributed by atoms with Crippen molar-refractivity contribution in [3.8, 4) is 11.6 Å². The number of para-hydroxylation sites is 1. The topological polar surface area (TPSA) is 27.1 Å². The van der Waals surface area contributed by atoms with Gasteiger partial charge in [-0.15, -0.1) is 0 Å². The van der Waals surface area contributed by atoms with Crippen molar-refractivity contribution in [2.45, 2.75) is 6.92 Å². The van der Waals surface area contributed by atoms with Gasteiger partial charge in [0.1, 0.15) is 0 Å². The fourth-order valence-electron chi connectivity index (χ4n) is 1.42. The number of hydrogen-bond acceptors (Lipinski definition) is 2. The first kappa shape index (κ1) is 8.81. The molecule has 0 unspecified atom stereocenters. The summed E-state index contributed by atoms with van der Waals surface area (Å²) < 4.78 is 7.06. The SMILES string of the molecule is COc1c(C)cnn1-c1ccccc1. The second-order valence-corrected chi connectivity index (χ2v) is 3.08. The van der Waals surface area contributed by atoms with Gasteiger partial charge in [0, 0.05) is 5.56 Å². The molecule has 1 aromatic carbocycles. The van der Waals surface area contributed by atoms with Crippen LogP contribution in [0, 0.1) is 6.92 Å². The van der Waals surface area contributed by atoms with Crippen LogP contribution in [0.1, 0.15) is 5.56 Å². The molecule has 0 aliphatic heterocycles. The molecule has 0 spiro atoms. The van der Waals surface area contributed by atoms with E-state index in [1.54, 1.807) is 18.0 Å². The van der Waals surface area contributed by atoms with Crippen LogP contribution in [0.4, 0.5) is 0 Å². The van der Waals surface area contributed by atoms with E-state index in [9.17, 15) is 0 Å². The Bertz CT molecular complexity index is 420. The van der Waals surface area contributed by atoms with E-state index in [-0.39, 0.29) is 0 Å². The number of rotatable bonds is 2. The van der Waals surface area contributed by atoms with Crippen LogP contribution in [0.3, 0.4) is 0 Å². The molecule has 1 aromatic heterocycles. The highest BCUT2D eigenvalue weighted by atomic mass is 16.5. The van der Waals surface area contributed by atoms with Gasteiger partial charge >= 0.3 is 0 Å². The summed E-state index contributed by atoms with van der Waals surface area (Å²) in [5.74, 6) is 0.788. The first-order chi connectivity index (χ1) is 6.83. The van der Waals surface area contributed by atoms with Crippen molar-refractivity contribution in [2.24, 2.45) is 0 Å². The van der Waals surface area contributed by atoms with E-state index in [0.717, 1.165) is 17.1 Å². The summed E-state index contributed by atoms with van der Waals surface area (Å²) in [4.78, 5) is 0. The molecule has 72 valence electrons. The van der Waals surface area contributed by atoms with Gasteiger partial charge in [-0.05, 0) is 19.1 Å². The maximum atomic E-state index is 5.27. The van der Waals surface area contributed by atoms with E-state index in [2.05, 4.69) is 5.10 Å². The zero-order valence-electron chi connectivity index (χ0n) is 8.27. The lowest BCUT2D eigenvalue weighted by Gasteiger charge is -2.06. The molecular weight excluding hydrogens is 176 g/mol. The molecule has 0 saturated heterocycles. The Morgan fingerprint density at radius 1 is 1.21 bits per heavy atom. The average Bonchev–Trinajstić information content (AvgIpc) is 2.61. The maximum Gasteiger partial charge on any atom is 0.219 e. The minimum atomic E-state index is 0.788. The van der Waals surface area contributed by atoms with Crippen LogP contribution in [-0.2, 0) is 0 Å². The molecule has 0 bridgehead atoms. The van der Waals surface area contributed by atoms with Crippen molar-refractivity contribution >= 4 is 0 Å². The van der Waals surface area contributed by atoms with Gasteiger partial charge in [-0.1, -0.05) is 18.2 Å². The fourth-order valence-corrected chi connectivity index (χ4v) is 1.42. The maximum absolute atomic E-state index is 5.27. The number of nitrogens with zero attached hydrogens (tertiary/aromatic N) is 2. The summed E-state index contributed by atoms with van der Waals surface area (Å²) >= 11 is 0. The summed E-state index contributed by atoms with van der Waals surface area (Å²) in [5.41, 5.74) is 2.05. The Kier molecular flexibility index (Phi) is 2.23. The van der Waals surface area contributed by atoms with Crippen molar-refractivity contribution in [1.29, 1.82) is 0 Å². The van der Waals surface area contributed by atoms with Gasteiger partial charge in [0.2, 0.25) is 5.88 Å². The predicted octanol–water partition coefficient (Wildman–Crippen LogP) is 2.19. The van der Waals surface area contributed by atoms with Gasteiger partial charge in [-0.2, -0.15) is 5.10 Å². The van der Waals surface area contributed by atoms with E-state index in [1.807, 2.05) is 37.3 Å². The lowest BCUT2D eigenvalue weighted by molar-refractivity contribution is 0.381. The molecule has 0 amide bonds. The van der Waals surface area contributed by atoms with E-state index in [4.69, 9.17) is 4.74 Å². The Labute approximate surface area is 82.9 Å². The van der Waals surface area contributed by atoms with Gasteiger partial charge in [-0.3, -0.25) is 0 Å². The molecule has 3 heteroatoms. The zero-order chi connectivity index (χ0) is 9.97. The second kappa shape index (κ2) is 3.54. The molecule has 2 rings (SSSR count). The normalized spacial score (nSPS) is 10.1. The molecular formula is C11H12N2O. The van der Waals surface area contributed by atoms with Gasteiger partial charge < -0.3 is 4.74 Å². The minimum absolute atomic E-state index is 0.788. The molecule has 0 atom stereocenters. The molecule has 0 saturated carbocycles. The third-order valence-electron chi connectivity index (χ3n) is 2.09. The lowest BCUT2D eigenvalue weighted by Crippen LogP contribution is -1.99. The van der Waals surface area contributed by atoms with E-state index in [0.29, 0.717) is 0 Å². The summed E-state index contributed by atoms with van der Waals surface area (Å²) in [6, 6.07) is 9.92. The number of ether oxygens (including phenoxy) is 1. The third-order valence-corrected chi connectivity index (χ3v) is 2.09. The molecule has 0 aliphatic carbocycles. The van der Waals surface area contributed by atoms with Crippen molar-refractivity contribution < 1.29 is 4.74 Å². The van der Waals surface area contributed by atoms with Crippen molar-refractivity contribution in [3.63, 3.8) is 0 Å². The largest absolute Gasteiger partial charge is 0.481 e. The zero-order valence-corrected chi connectivity index (χ0v) is 8.27. The van der Waals surface area contributed by atoms with Crippen LogP contribution in [0.2, 0.25) is 0 Å². The molecule has 0 aliphatic rings. The Morgan fingerprint density at radius 2 is 1.93 bits per heavy atom. The monoisotopic (exact) mass is 188 g/mol. The van der Waals surface area contributed by atoms with Crippen molar-refractivity contribution in [2.75, 3.05) is 7.11 Å². The van der Waals surface area contributed by atoms with Crippen LogP contribution in [-0.4, -0.2) is 16.9 Å². The van der Waals surface area contributed by atoms with Crippen LogP contribution in [0.5, 0.6) is 5.88 Å². The van der Waals surface area contributed by atoms with Crippen molar-refractivity contribution in [1.82, 2.24) is 9.78 Å². The number of methoxy groups -OCH3 is 1. The van der Waals surface area contributed by atoms with Crippen LogP contribution >= 0.6 is 0 Å². The quantitative estimate of drug-likeness (QED) is 0.722. The first-order valence-corrected chi connectivity index (χ1v) is 4.47. The predicted molar refractivity (Wildman–Crippen MR) is 54.9 cm³/mol. The summed E-state index contributed by atoms with van der Waals surface area (Å²) in [7, 11) is 1.66. The highest BCUT2D eigenvalue weighted by Crippen LogP contribution is 2.20. The van der Waals surface area contributed by atoms with Crippen LogP contribution < -0.4 is 4.74 Å². The second-order valence-electron chi connectivity index (χ2n) is 3.08. The first-order valence-electron chi connectivity index (χ1n) is 4.47. The van der Waals surface area contributed by atoms with Crippen LogP contribution in [0.25, 0.3) is 5.69 Å². The van der Waals surface area contributed by atoms with E-state index < -0.39 is 0 Å². The number of aryl methyl sites for hydroxylation is 1. The highest BCUT2D eigenvalue weighted by Gasteiger charge is 2.07. The van der Waals surface area contributed by atoms with E-state index >= 15 is 0 Å². The average molecular weight is 188 g/mol. The van der Waals surface area contributed by atoms with Crippen LogP contribution in [0.15, 0.2) is 36.5 Å². The summed E-state index contributed by atoms with van der Waals surface area (Å²) in [5, 5.41) is 4.25. The molecule has 3 nitrogen and oxygen atoms in total. The van der Waals surface area contributed by atoms with Gasteiger partial charge in [0.15, 0.2) is 0 Å². The number of hydrogen-bond donors (Lipinski definition) is 0. The number of aromatic nitrogens is 2. The molecule has 14 heavy (non-hydrogen) atoms. The lowest BCUT2D eigenvalue weighted by atomic mass is 10.3. The fraction of sp³-hybridized carbons (Fsp3) is 0.182. The molecule has 0 radical (unpaired) electrons. The van der Waals surface area contributed by atoms with Gasteiger partial charge in [-0.25, -0.2) is 4.68 Å². The molecule has 0 N–H and O–H groups in total. The third kappa shape index (κ3) is 1.37. The Morgan fingerprint density at radius 3 is 2.57 bits per heavy atom. The Balaban J connectivity index is 2.52. The highest BCUT2D eigenvalue weighted by molar-refractivity contribution is 5.37. The molecule has 0 fully saturated rings. The number of benzene rings is 1.